The Kier molecular flexibility index (Phi) is 9.54. The number of nitrogens with zero attached hydrogens (tertiary/aromatic N) is 1. The first-order valence-electron chi connectivity index (χ1n) is 25.7. The van der Waals surface area contributed by atoms with Crippen LogP contribution in [0.25, 0.3) is 33.4 Å². The van der Waals surface area contributed by atoms with Gasteiger partial charge in [-0.25, -0.2) is 0 Å². The van der Waals surface area contributed by atoms with Crippen LogP contribution in [0.5, 0.6) is 0 Å². The van der Waals surface area contributed by atoms with Gasteiger partial charge >= 0.3 is 0 Å². The minimum Gasteiger partial charge on any atom is -0.310 e. The molecule has 69 heavy (non-hydrogen) atoms. The molecule has 0 radical (unpaired) electrons. The van der Waals surface area contributed by atoms with Crippen molar-refractivity contribution in [2.24, 2.45) is 0 Å². The molecule has 4 aliphatic carbocycles. The lowest BCUT2D eigenvalue weighted by Crippen LogP contribution is -2.34. The van der Waals surface area contributed by atoms with E-state index in [-0.39, 0.29) is 27.1 Å². The first-order chi connectivity index (χ1) is 32.9. The largest absolute Gasteiger partial charge is 0.310 e. The van der Waals surface area contributed by atoms with Crippen LogP contribution < -0.4 is 4.90 Å². The predicted octanol–water partition coefficient (Wildman–Crippen LogP) is 18.2. The second kappa shape index (κ2) is 15.0. The van der Waals surface area contributed by atoms with Crippen LogP contribution in [0.15, 0.2) is 176 Å². The fourth-order valence-electron chi connectivity index (χ4n) is 13.8. The van der Waals surface area contributed by atoms with Crippen molar-refractivity contribution in [3.8, 4) is 33.4 Å². The number of benzene rings is 8. The van der Waals surface area contributed by atoms with Gasteiger partial charge in [-0.05, 0) is 167 Å². The molecule has 0 amide bonds. The number of rotatable bonds is 6. The Morgan fingerprint density at radius 2 is 0.783 bits per heavy atom. The highest BCUT2D eigenvalue weighted by molar-refractivity contribution is 5.98. The van der Waals surface area contributed by atoms with Gasteiger partial charge in [0.1, 0.15) is 0 Å². The Balaban J connectivity index is 1.24. The maximum atomic E-state index is 2.68. The summed E-state index contributed by atoms with van der Waals surface area (Å²) < 4.78 is 0. The molecule has 8 aromatic rings. The van der Waals surface area contributed by atoms with Gasteiger partial charge in [-0.3, -0.25) is 0 Å². The third kappa shape index (κ3) is 6.34. The second-order valence-corrected chi connectivity index (χ2v) is 24.2. The average molecular weight is 898 g/mol. The molecular formula is C68H67N. The lowest BCUT2D eigenvalue weighted by molar-refractivity contribution is 0.332. The standard InChI is InChI=1S/C68H67N/c1-63(2)36-37-65(5,6)60-41-47(33-35-56(60)63)69(46-32-34-50-48-26-17-19-29-54(48)67(9,10)58(50)40-46)61-43-59-52(42-53(61)51-28-21-31-57-62(51)66(7,8)39-38-64(57,3)4)49-27-18-20-30-55(49)68(59,44-22-13-11-14-23-44)45-24-15-12-16-25-45/h11-35,40-43H,36-39H2,1-10H3. The van der Waals surface area contributed by atoms with Crippen molar-refractivity contribution in [3.63, 3.8) is 0 Å². The topological polar surface area (TPSA) is 3.24 Å². The molecular weight excluding hydrogens is 831 g/mol. The van der Waals surface area contributed by atoms with Crippen LogP contribution in [-0.2, 0) is 32.5 Å². The van der Waals surface area contributed by atoms with Gasteiger partial charge in [0.25, 0.3) is 0 Å². The van der Waals surface area contributed by atoms with E-state index in [4.69, 9.17) is 0 Å². The Hall–Kier alpha value is -6.44. The Labute approximate surface area is 412 Å². The Bertz CT molecular complexity index is 3320. The second-order valence-electron chi connectivity index (χ2n) is 24.2. The van der Waals surface area contributed by atoms with Gasteiger partial charge in [-0.15, -0.1) is 0 Å². The van der Waals surface area contributed by atoms with Crippen molar-refractivity contribution >= 4 is 17.1 Å². The lowest BCUT2D eigenvalue weighted by atomic mass is 9.61. The van der Waals surface area contributed by atoms with E-state index < -0.39 is 5.41 Å². The summed E-state index contributed by atoms with van der Waals surface area (Å²) in [6.07, 6.45) is 4.64. The summed E-state index contributed by atoms with van der Waals surface area (Å²) >= 11 is 0. The van der Waals surface area contributed by atoms with E-state index in [1.54, 1.807) is 0 Å². The van der Waals surface area contributed by atoms with Crippen molar-refractivity contribution in [2.75, 3.05) is 4.90 Å². The number of fused-ring (bicyclic) bond motifs is 8. The molecule has 0 aromatic heterocycles. The van der Waals surface area contributed by atoms with E-state index in [0.717, 1.165) is 19.3 Å². The van der Waals surface area contributed by atoms with Crippen molar-refractivity contribution in [1.82, 2.24) is 0 Å². The van der Waals surface area contributed by atoms with Crippen LogP contribution in [0.3, 0.4) is 0 Å². The molecule has 1 nitrogen and oxygen atoms in total. The first-order valence-corrected chi connectivity index (χ1v) is 25.7. The van der Waals surface area contributed by atoms with Crippen LogP contribution in [-0.4, -0.2) is 0 Å². The number of hydrogen-bond acceptors (Lipinski definition) is 1. The molecule has 1 heteroatoms. The van der Waals surface area contributed by atoms with Gasteiger partial charge in [0, 0.05) is 22.4 Å². The Morgan fingerprint density at radius 3 is 1.43 bits per heavy atom. The smallest absolute Gasteiger partial charge is 0.0714 e. The first kappa shape index (κ1) is 43.8. The lowest BCUT2D eigenvalue weighted by Gasteiger charge is -2.44. The fourth-order valence-corrected chi connectivity index (χ4v) is 13.8. The molecule has 0 spiro atoms. The SMILES string of the molecule is CC1(C)CCC(C)(C)c2cc(N(c3ccc4c(c3)C(C)(C)c3ccccc3-4)c3cc4c(cc3-c3cccc5c3C(C)(C)CCC5(C)C)-c3ccccc3C4(c3ccccc3)c3ccccc3)ccc21. The van der Waals surface area contributed by atoms with Crippen LogP contribution in [0.4, 0.5) is 17.1 Å². The summed E-state index contributed by atoms with van der Waals surface area (Å²) in [6.45, 7) is 24.6. The molecule has 0 fully saturated rings. The molecule has 0 bridgehead atoms. The van der Waals surface area contributed by atoms with E-state index >= 15 is 0 Å². The van der Waals surface area contributed by atoms with Gasteiger partial charge < -0.3 is 4.90 Å². The highest BCUT2D eigenvalue weighted by atomic mass is 15.1. The Morgan fingerprint density at radius 1 is 0.304 bits per heavy atom. The van der Waals surface area contributed by atoms with Gasteiger partial charge in [-0.2, -0.15) is 0 Å². The maximum absolute atomic E-state index is 2.68. The molecule has 0 N–H and O–H groups in total. The average Bonchev–Trinajstić information content (AvgIpc) is 3.77. The molecule has 0 saturated carbocycles. The fraction of sp³-hybridized carbons (Fsp3) is 0.294. The molecule has 0 aliphatic heterocycles. The summed E-state index contributed by atoms with van der Waals surface area (Å²) in [6, 6.07) is 68.4. The molecule has 0 atom stereocenters. The predicted molar refractivity (Wildman–Crippen MR) is 292 cm³/mol. The van der Waals surface area contributed by atoms with Crippen LogP contribution in [0, 0.1) is 0 Å². The van der Waals surface area contributed by atoms with E-state index in [0.29, 0.717) is 0 Å². The van der Waals surface area contributed by atoms with Gasteiger partial charge in [0.05, 0.1) is 11.1 Å². The minimum atomic E-state index is -0.561. The van der Waals surface area contributed by atoms with Crippen LogP contribution in [0.1, 0.15) is 151 Å². The zero-order valence-electron chi connectivity index (χ0n) is 42.5. The molecule has 8 aromatic carbocycles. The summed E-state index contributed by atoms with van der Waals surface area (Å²) in [5.74, 6) is 0. The molecule has 0 heterocycles. The van der Waals surface area contributed by atoms with E-state index in [1.807, 2.05) is 0 Å². The monoisotopic (exact) mass is 898 g/mol. The highest BCUT2D eigenvalue weighted by Gasteiger charge is 2.48. The number of hydrogen-bond donors (Lipinski definition) is 0. The number of anilines is 3. The van der Waals surface area contributed by atoms with E-state index in [1.165, 1.54) is 112 Å². The van der Waals surface area contributed by atoms with Gasteiger partial charge in [-0.1, -0.05) is 209 Å². The molecule has 4 aliphatic rings. The van der Waals surface area contributed by atoms with Crippen molar-refractivity contribution in [2.45, 2.75) is 127 Å². The summed E-state index contributed by atoms with van der Waals surface area (Å²) in [4.78, 5) is 2.68. The quantitative estimate of drug-likeness (QED) is 0.161. The molecule has 0 unspecified atom stereocenters. The van der Waals surface area contributed by atoms with Gasteiger partial charge in [0.15, 0.2) is 0 Å². The highest BCUT2D eigenvalue weighted by Crippen LogP contribution is 2.61. The van der Waals surface area contributed by atoms with Gasteiger partial charge in [0.2, 0.25) is 0 Å². The minimum absolute atomic E-state index is 0.0247. The van der Waals surface area contributed by atoms with Crippen molar-refractivity contribution < 1.29 is 0 Å². The van der Waals surface area contributed by atoms with Crippen molar-refractivity contribution in [1.29, 1.82) is 0 Å². The zero-order valence-corrected chi connectivity index (χ0v) is 42.5. The van der Waals surface area contributed by atoms with E-state index in [9.17, 15) is 0 Å². The van der Waals surface area contributed by atoms with E-state index in [2.05, 4.69) is 250 Å². The zero-order chi connectivity index (χ0) is 47.9. The summed E-state index contributed by atoms with van der Waals surface area (Å²) in [5, 5.41) is 0. The normalized spacial score (nSPS) is 18.8. The molecule has 344 valence electrons. The third-order valence-electron chi connectivity index (χ3n) is 17.9. The molecule has 12 rings (SSSR count). The van der Waals surface area contributed by atoms with Crippen LogP contribution >= 0.6 is 0 Å². The third-order valence-corrected chi connectivity index (χ3v) is 17.9. The summed E-state index contributed by atoms with van der Waals surface area (Å²) in [7, 11) is 0. The maximum Gasteiger partial charge on any atom is 0.0714 e. The summed E-state index contributed by atoms with van der Waals surface area (Å²) in [5.41, 5.74) is 24.9. The molecule has 0 saturated heterocycles. The van der Waals surface area contributed by atoms with Crippen molar-refractivity contribution in [3.05, 3.63) is 232 Å². The van der Waals surface area contributed by atoms with Crippen LogP contribution in [0.2, 0.25) is 0 Å².